The van der Waals surface area contributed by atoms with E-state index in [1.165, 1.54) is 0 Å². The van der Waals surface area contributed by atoms with Crippen molar-refractivity contribution in [1.29, 1.82) is 0 Å². The zero-order chi connectivity index (χ0) is 19.6. The van der Waals surface area contributed by atoms with Gasteiger partial charge in [0, 0.05) is 50.8 Å². The molecule has 0 radical (unpaired) electrons. The monoisotopic (exact) mass is 434 g/mol. The van der Waals surface area contributed by atoms with Gasteiger partial charge in [0.05, 0.1) is 13.1 Å². The molecule has 2 aromatic rings. The lowest BCUT2D eigenvalue weighted by atomic mass is 10.3. The fraction of sp³-hybridized carbons (Fsp3) is 0.667. The van der Waals surface area contributed by atoms with Gasteiger partial charge in [-0.25, -0.2) is 15.0 Å². The second-order valence-corrected chi connectivity index (χ2v) is 10.3. The van der Waals surface area contributed by atoms with Crippen molar-refractivity contribution in [3.8, 4) is 0 Å². The third-order valence-electron chi connectivity index (χ3n) is 5.62. The molecule has 5 rings (SSSR count). The van der Waals surface area contributed by atoms with Crippen molar-refractivity contribution in [2.75, 3.05) is 90.1 Å². The summed E-state index contributed by atoms with van der Waals surface area (Å²) < 4.78 is 11.9. The van der Waals surface area contributed by atoms with E-state index < -0.39 is 11.2 Å². The van der Waals surface area contributed by atoms with Crippen LogP contribution < -0.4 is 20.0 Å². The maximum Gasteiger partial charge on any atom is 0.228 e. The molecule has 9 nitrogen and oxygen atoms in total. The molecule has 3 aliphatic rings. The Morgan fingerprint density at radius 2 is 1.55 bits per heavy atom. The predicted octanol–water partition coefficient (Wildman–Crippen LogP) is -0.0487. The van der Waals surface area contributed by atoms with Crippen LogP contribution >= 0.6 is 11.8 Å². The molecule has 0 aliphatic carbocycles. The summed E-state index contributed by atoms with van der Waals surface area (Å²) in [6.45, 7) is 7.06. The van der Waals surface area contributed by atoms with Crippen LogP contribution in [0.4, 0.5) is 17.6 Å². The Hall–Kier alpha value is -1.56. The van der Waals surface area contributed by atoms with Crippen LogP contribution in [-0.2, 0) is 11.2 Å². The molecule has 3 aliphatic heterocycles. The van der Waals surface area contributed by atoms with Gasteiger partial charge in [0.1, 0.15) is 28.9 Å². The Labute approximate surface area is 177 Å². The maximum atomic E-state index is 11.9. The van der Waals surface area contributed by atoms with Crippen LogP contribution in [0.2, 0.25) is 0 Å². The Bertz CT molecular complexity index is 851. The van der Waals surface area contributed by atoms with Crippen molar-refractivity contribution in [2.45, 2.75) is 0 Å². The van der Waals surface area contributed by atoms with E-state index in [1.54, 1.807) is 6.33 Å². The summed E-state index contributed by atoms with van der Waals surface area (Å²) in [5.41, 5.74) is 1.64. The van der Waals surface area contributed by atoms with E-state index in [0.717, 1.165) is 92.5 Å². The lowest BCUT2D eigenvalue weighted by Gasteiger charge is -2.33. The van der Waals surface area contributed by atoms with Gasteiger partial charge < -0.3 is 24.6 Å². The number of anilines is 3. The first-order chi connectivity index (χ1) is 14.3. The molecular formula is C18H26N8OS2. The van der Waals surface area contributed by atoms with Gasteiger partial charge in [-0.3, -0.25) is 0 Å². The minimum Gasteiger partial charge on any atom is -0.616 e. The molecule has 3 saturated heterocycles. The first-order valence-electron chi connectivity index (χ1n) is 10.2. The summed E-state index contributed by atoms with van der Waals surface area (Å²) in [7, 11) is 0. The number of rotatable bonds is 3. The second-order valence-electron chi connectivity index (χ2n) is 7.41. The zero-order valence-corrected chi connectivity index (χ0v) is 18.1. The van der Waals surface area contributed by atoms with Crippen LogP contribution in [0.15, 0.2) is 6.33 Å². The van der Waals surface area contributed by atoms with Crippen molar-refractivity contribution in [3.05, 3.63) is 6.33 Å². The van der Waals surface area contributed by atoms with E-state index in [4.69, 9.17) is 9.97 Å². The highest BCUT2D eigenvalue weighted by Crippen LogP contribution is 2.31. The summed E-state index contributed by atoms with van der Waals surface area (Å²) in [5, 5.41) is 3.39. The molecule has 2 aromatic heterocycles. The number of piperazine rings is 1. The van der Waals surface area contributed by atoms with E-state index in [1.807, 2.05) is 11.8 Å². The fourth-order valence-electron chi connectivity index (χ4n) is 3.99. The van der Waals surface area contributed by atoms with Gasteiger partial charge in [0.25, 0.3) is 0 Å². The van der Waals surface area contributed by atoms with Crippen molar-refractivity contribution >= 4 is 51.6 Å². The molecule has 3 fully saturated rings. The van der Waals surface area contributed by atoms with Crippen LogP contribution in [0.1, 0.15) is 0 Å². The molecule has 0 spiro atoms. The predicted molar refractivity (Wildman–Crippen MR) is 120 cm³/mol. The quantitative estimate of drug-likeness (QED) is 0.663. The second kappa shape index (κ2) is 8.66. The highest BCUT2D eigenvalue weighted by atomic mass is 32.2. The van der Waals surface area contributed by atoms with Crippen molar-refractivity contribution < 1.29 is 4.55 Å². The number of nitrogens with one attached hydrogen (secondary N) is 1. The molecule has 11 heteroatoms. The highest BCUT2D eigenvalue weighted by Gasteiger charge is 2.27. The summed E-state index contributed by atoms with van der Waals surface area (Å²) in [5.74, 6) is 6.08. The Morgan fingerprint density at radius 1 is 0.828 bits per heavy atom. The van der Waals surface area contributed by atoms with Crippen molar-refractivity contribution in [1.82, 2.24) is 25.3 Å². The van der Waals surface area contributed by atoms with Gasteiger partial charge in [-0.05, 0) is 0 Å². The van der Waals surface area contributed by atoms with E-state index in [9.17, 15) is 4.55 Å². The summed E-state index contributed by atoms with van der Waals surface area (Å²) in [6, 6.07) is 0. The molecule has 29 heavy (non-hydrogen) atoms. The van der Waals surface area contributed by atoms with Crippen LogP contribution in [0.5, 0.6) is 0 Å². The average molecular weight is 435 g/mol. The third-order valence-corrected chi connectivity index (χ3v) is 7.84. The zero-order valence-electron chi connectivity index (χ0n) is 16.4. The number of fused-ring (bicyclic) bond motifs is 1. The minimum absolute atomic E-state index is 0.676. The molecule has 0 unspecified atom stereocenters. The minimum atomic E-state index is -0.733. The van der Waals surface area contributed by atoms with Gasteiger partial charge in [0.2, 0.25) is 5.95 Å². The molecule has 0 bridgehead atoms. The van der Waals surface area contributed by atoms with Crippen molar-refractivity contribution in [2.24, 2.45) is 0 Å². The normalized spacial score (nSPS) is 21.8. The largest absolute Gasteiger partial charge is 0.616 e. The molecule has 156 valence electrons. The standard InChI is InChI=1S/C18H26N8OS2/c27-29-11-7-25(8-12-29)17-14-15(22-18(23-17)26-3-1-19-2-4-26)16(21-13-20-14)24-5-9-28-10-6-24/h13,19H,1-12H2. The number of aromatic nitrogens is 4. The lowest BCUT2D eigenvalue weighted by molar-refractivity contribution is 0.578. The van der Waals surface area contributed by atoms with Gasteiger partial charge in [0.15, 0.2) is 11.6 Å². The van der Waals surface area contributed by atoms with E-state index in [2.05, 4.69) is 30.0 Å². The van der Waals surface area contributed by atoms with E-state index in [-0.39, 0.29) is 0 Å². The highest BCUT2D eigenvalue weighted by molar-refractivity contribution is 7.99. The van der Waals surface area contributed by atoms with Crippen LogP contribution in [0, 0.1) is 0 Å². The first-order valence-corrected chi connectivity index (χ1v) is 12.8. The topological polar surface area (TPSA) is 96.4 Å². The van der Waals surface area contributed by atoms with Crippen LogP contribution in [0.3, 0.4) is 0 Å². The number of hydrogen-bond donors (Lipinski definition) is 1. The molecule has 5 heterocycles. The lowest BCUT2D eigenvalue weighted by Crippen LogP contribution is -2.45. The van der Waals surface area contributed by atoms with Gasteiger partial charge >= 0.3 is 0 Å². The Balaban J connectivity index is 1.61. The molecule has 0 amide bonds. The molecule has 0 aromatic carbocycles. The average Bonchev–Trinajstić information content (AvgIpc) is 2.80. The molecular weight excluding hydrogens is 408 g/mol. The number of hydrogen-bond acceptors (Lipinski definition) is 10. The van der Waals surface area contributed by atoms with E-state index >= 15 is 0 Å². The fourth-order valence-corrected chi connectivity index (χ4v) is 5.95. The number of nitrogens with zero attached hydrogens (tertiary/aromatic N) is 7. The summed E-state index contributed by atoms with van der Waals surface area (Å²) in [6.07, 6.45) is 1.64. The maximum absolute atomic E-state index is 11.9. The summed E-state index contributed by atoms with van der Waals surface area (Å²) >= 11 is 1.25. The molecule has 0 saturated carbocycles. The Morgan fingerprint density at radius 3 is 2.31 bits per heavy atom. The van der Waals surface area contributed by atoms with Gasteiger partial charge in [-0.15, -0.1) is 0 Å². The van der Waals surface area contributed by atoms with E-state index in [0.29, 0.717) is 11.5 Å². The summed E-state index contributed by atoms with van der Waals surface area (Å²) in [4.78, 5) is 26.0. The SMILES string of the molecule is [O-][S+]1CCN(c2nc(N3CCNCC3)nc3c(N4CCSCC4)ncnc23)CC1. The van der Waals surface area contributed by atoms with Gasteiger partial charge in [-0.1, -0.05) is 11.2 Å². The first kappa shape index (κ1) is 19.4. The third kappa shape index (κ3) is 4.05. The molecule has 1 N–H and O–H groups in total. The Kier molecular flexibility index (Phi) is 5.80. The smallest absolute Gasteiger partial charge is 0.228 e. The molecule has 0 atom stereocenters. The van der Waals surface area contributed by atoms with Crippen molar-refractivity contribution in [3.63, 3.8) is 0 Å². The number of thioether (sulfide) groups is 1. The van der Waals surface area contributed by atoms with Gasteiger partial charge in [-0.2, -0.15) is 16.7 Å². The van der Waals surface area contributed by atoms with Crippen LogP contribution in [0.25, 0.3) is 11.0 Å². The van der Waals surface area contributed by atoms with Crippen LogP contribution in [-0.4, -0.2) is 99.9 Å².